The third-order valence-corrected chi connectivity index (χ3v) is 3.84. The number of aromatic amines is 1. The van der Waals surface area contributed by atoms with Crippen molar-refractivity contribution in [3.05, 3.63) is 22.6 Å². The zero-order valence-electron chi connectivity index (χ0n) is 11.4. The highest BCUT2D eigenvalue weighted by Crippen LogP contribution is 2.24. The number of hydrogen-bond donors (Lipinski definition) is 1. The molecule has 106 valence electrons. The first-order valence-corrected chi connectivity index (χ1v) is 7.85. The number of rotatable bonds is 3. The van der Waals surface area contributed by atoms with Crippen molar-refractivity contribution < 1.29 is 0 Å². The summed E-state index contributed by atoms with van der Waals surface area (Å²) in [6, 6.07) is 0. The van der Waals surface area contributed by atoms with E-state index in [0.29, 0.717) is 28.0 Å². The molecule has 3 heterocycles. The van der Waals surface area contributed by atoms with Gasteiger partial charge in [-0.1, -0.05) is 30.9 Å². The van der Waals surface area contributed by atoms with Gasteiger partial charge in [-0.3, -0.25) is 0 Å². The smallest absolute Gasteiger partial charge is 0.208 e. The Hall–Kier alpha value is -1.97. The van der Waals surface area contributed by atoms with Crippen LogP contribution in [0.3, 0.4) is 0 Å². The maximum Gasteiger partial charge on any atom is 0.208 e. The Morgan fingerprint density at radius 3 is 3.00 bits per heavy atom. The van der Waals surface area contributed by atoms with Crippen LogP contribution in [0.25, 0.3) is 22.0 Å². The number of H-pyrrole nitrogens is 1. The summed E-state index contributed by atoms with van der Waals surface area (Å²) < 4.78 is 0. The number of hydrogen-bond acceptors (Lipinski definition) is 5. The first-order valence-electron chi connectivity index (χ1n) is 6.60. The first kappa shape index (κ1) is 14.0. The van der Waals surface area contributed by atoms with Gasteiger partial charge in [0, 0.05) is 18.0 Å². The topological polar surface area (TPSA) is 67.3 Å². The van der Waals surface area contributed by atoms with Crippen LogP contribution < -0.4 is 0 Å². The predicted molar refractivity (Wildman–Crippen MR) is 84.2 cm³/mol. The summed E-state index contributed by atoms with van der Waals surface area (Å²) in [4.78, 5) is 20.2. The van der Waals surface area contributed by atoms with E-state index in [1.807, 2.05) is 5.38 Å². The van der Waals surface area contributed by atoms with Crippen molar-refractivity contribution in [1.82, 2.24) is 24.9 Å². The molecule has 0 aromatic carbocycles. The summed E-state index contributed by atoms with van der Waals surface area (Å²) in [5.41, 5.74) is 1.13. The molecule has 1 N–H and O–H groups in total. The lowest BCUT2D eigenvalue weighted by Crippen LogP contribution is -1.91. The van der Waals surface area contributed by atoms with Crippen LogP contribution in [0.5, 0.6) is 0 Å². The molecule has 0 radical (unpaired) electrons. The van der Waals surface area contributed by atoms with E-state index >= 15 is 0 Å². The van der Waals surface area contributed by atoms with Crippen molar-refractivity contribution in [3.8, 4) is 22.7 Å². The highest BCUT2D eigenvalue weighted by molar-refractivity contribution is 7.13. The lowest BCUT2D eigenvalue weighted by atomic mass is 10.2. The summed E-state index contributed by atoms with van der Waals surface area (Å²) in [5, 5.41) is 2.99. The second-order valence-corrected chi connectivity index (χ2v) is 5.62. The third kappa shape index (κ3) is 3.04. The van der Waals surface area contributed by atoms with Crippen molar-refractivity contribution in [3.63, 3.8) is 0 Å². The molecule has 3 aromatic heterocycles. The fourth-order valence-corrected chi connectivity index (χ4v) is 2.56. The molecule has 0 fully saturated rings. The molecule has 21 heavy (non-hydrogen) atoms. The van der Waals surface area contributed by atoms with Gasteiger partial charge < -0.3 is 4.98 Å². The molecule has 0 atom stereocenters. The number of nitrogens with one attached hydrogen (secondary N) is 1. The minimum Gasteiger partial charge on any atom is -0.320 e. The number of halogens is 1. The fraction of sp³-hybridized carbons (Fsp3) is 0.286. The molecule has 0 spiro atoms. The van der Waals surface area contributed by atoms with Gasteiger partial charge in [-0.25, -0.2) is 19.9 Å². The molecule has 7 heteroatoms. The molecule has 0 aliphatic carbocycles. The van der Waals surface area contributed by atoms with E-state index in [1.165, 1.54) is 11.3 Å². The summed E-state index contributed by atoms with van der Waals surface area (Å²) in [5.74, 6) is 7.05. The van der Waals surface area contributed by atoms with Crippen molar-refractivity contribution in [2.24, 2.45) is 0 Å². The maximum absolute atomic E-state index is 6.16. The number of unbranched alkanes of at least 4 members (excludes halogenated alkanes) is 2. The third-order valence-electron chi connectivity index (χ3n) is 2.79. The minimum absolute atomic E-state index is 0.304. The molecule has 0 bridgehead atoms. The van der Waals surface area contributed by atoms with Gasteiger partial charge in [0.1, 0.15) is 5.52 Å². The zero-order valence-corrected chi connectivity index (χ0v) is 12.9. The number of aromatic nitrogens is 5. The molecule has 3 aromatic rings. The van der Waals surface area contributed by atoms with E-state index < -0.39 is 0 Å². The number of thiazole rings is 1. The van der Waals surface area contributed by atoms with Gasteiger partial charge in [-0.15, -0.1) is 11.3 Å². The maximum atomic E-state index is 6.16. The normalized spacial score (nSPS) is 10.6. The first-order chi connectivity index (χ1) is 10.3. The molecule has 5 nitrogen and oxygen atoms in total. The van der Waals surface area contributed by atoms with Crippen molar-refractivity contribution in [1.29, 1.82) is 0 Å². The van der Waals surface area contributed by atoms with Crippen LogP contribution in [-0.2, 0) is 0 Å². The average Bonchev–Trinajstić information content (AvgIpc) is 3.12. The second kappa shape index (κ2) is 6.20. The second-order valence-electron chi connectivity index (χ2n) is 4.36. The van der Waals surface area contributed by atoms with Gasteiger partial charge >= 0.3 is 0 Å². The average molecular weight is 318 g/mol. The SMILES string of the molecule is CCCCC#Cc1nc(Cl)c2nc(-c3nccs3)[nH]c2n1. The summed E-state index contributed by atoms with van der Waals surface area (Å²) in [7, 11) is 0. The van der Waals surface area contributed by atoms with Crippen LogP contribution in [0.4, 0.5) is 0 Å². The van der Waals surface area contributed by atoms with Crippen molar-refractivity contribution in [2.75, 3.05) is 0 Å². The molecular weight excluding hydrogens is 306 g/mol. The number of fused-ring (bicyclic) bond motifs is 1. The van der Waals surface area contributed by atoms with Crippen LogP contribution in [0, 0.1) is 11.8 Å². The van der Waals surface area contributed by atoms with E-state index in [0.717, 1.165) is 24.3 Å². The van der Waals surface area contributed by atoms with Gasteiger partial charge in [-0.05, 0) is 12.3 Å². The zero-order chi connectivity index (χ0) is 14.7. The highest BCUT2D eigenvalue weighted by atomic mass is 35.5. The number of nitrogens with zero attached hydrogens (tertiary/aromatic N) is 4. The van der Waals surface area contributed by atoms with E-state index in [-0.39, 0.29) is 0 Å². The monoisotopic (exact) mass is 317 g/mol. The highest BCUT2D eigenvalue weighted by Gasteiger charge is 2.13. The van der Waals surface area contributed by atoms with E-state index in [2.05, 4.69) is 43.7 Å². The molecular formula is C14H12ClN5S. The van der Waals surface area contributed by atoms with Crippen molar-refractivity contribution >= 4 is 34.1 Å². The van der Waals surface area contributed by atoms with Crippen LogP contribution >= 0.6 is 22.9 Å². The Morgan fingerprint density at radius 1 is 1.33 bits per heavy atom. The molecule has 0 amide bonds. The lowest BCUT2D eigenvalue weighted by molar-refractivity contribution is 0.828. The van der Waals surface area contributed by atoms with E-state index in [9.17, 15) is 0 Å². The Morgan fingerprint density at radius 2 is 2.24 bits per heavy atom. The van der Waals surface area contributed by atoms with E-state index in [4.69, 9.17) is 11.6 Å². The van der Waals surface area contributed by atoms with Gasteiger partial charge in [0.2, 0.25) is 5.82 Å². The molecule has 0 aliphatic rings. The van der Waals surface area contributed by atoms with Crippen molar-refractivity contribution in [2.45, 2.75) is 26.2 Å². The molecule has 0 saturated heterocycles. The van der Waals surface area contributed by atoms with Crippen LogP contribution in [0.1, 0.15) is 32.0 Å². The quantitative estimate of drug-likeness (QED) is 0.454. The molecule has 0 aliphatic heterocycles. The Labute approximate surface area is 130 Å². The van der Waals surface area contributed by atoms with Gasteiger partial charge in [0.05, 0.1) is 0 Å². The largest absolute Gasteiger partial charge is 0.320 e. The fourth-order valence-electron chi connectivity index (χ4n) is 1.77. The summed E-state index contributed by atoms with van der Waals surface area (Å²) >= 11 is 7.66. The predicted octanol–water partition coefficient (Wildman–Crippen LogP) is 3.67. The van der Waals surface area contributed by atoms with Crippen LogP contribution in [-0.4, -0.2) is 24.9 Å². The summed E-state index contributed by atoms with van der Waals surface area (Å²) in [6.45, 7) is 2.13. The van der Waals surface area contributed by atoms with E-state index in [1.54, 1.807) is 6.20 Å². The van der Waals surface area contributed by atoms with Gasteiger partial charge in [0.25, 0.3) is 0 Å². The summed E-state index contributed by atoms with van der Waals surface area (Å²) in [6.07, 6.45) is 4.75. The Kier molecular flexibility index (Phi) is 4.13. The van der Waals surface area contributed by atoms with Gasteiger partial charge in [0.15, 0.2) is 21.6 Å². The Balaban J connectivity index is 1.97. The minimum atomic E-state index is 0.304. The van der Waals surface area contributed by atoms with Gasteiger partial charge in [-0.2, -0.15) is 0 Å². The van der Waals surface area contributed by atoms with Crippen LogP contribution in [0.2, 0.25) is 5.15 Å². The van der Waals surface area contributed by atoms with Crippen LogP contribution in [0.15, 0.2) is 11.6 Å². The molecule has 0 unspecified atom stereocenters. The Bertz CT molecular complexity index is 813. The lowest BCUT2D eigenvalue weighted by Gasteiger charge is -1.92. The molecule has 0 saturated carbocycles. The number of imidazole rings is 1. The standard InChI is InChI=1S/C14H12ClN5S/c1-2-3-4-5-6-9-17-11(15)10-12(18-9)20-13(19-10)14-16-7-8-21-14/h7-8H,2-4H2,1H3,(H,17,18,19,20). The molecule has 3 rings (SSSR count).